The number of hydrogen-bond acceptors (Lipinski definition) is 6. The fraction of sp³-hybridized carbons (Fsp3) is 0.464. The number of fused-ring (bicyclic) bond motifs is 4. The normalized spacial score (nSPS) is 15.7. The number of unbranched alkanes of at least 4 members (excludes halogenated alkanes) is 4. The lowest BCUT2D eigenvalue weighted by Gasteiger charge is -2.17. The van der Waals surface area contributed by atoms with E-state index in [1.54, 1.807) is 11.3 Å². The highest BCUT2D eigenvalue weighted by atomic mass is 32.1. The molecule has 1 unspecified atom stereocenters. The number of rotatable bonds is 9. The monoisotopic (exact) mass is 519 g/mol. The minimum absolute atomic E-state index is 0.00706. The number of thiophene rings is 1. The van der Waals surface area contributed by atoms with Gasteiger partial charge in [0.2, 0.25) is 5.88 Å². The van der Waals surface area contributed by atoms with Crippen molar-refractivity contribution in [1.29, 1.82) is 0 Å². The first kappa shape index (κ1) is 25.3. The second-order valence-electron chi connectivity index (χ2n) is 10.1. The molecule has 0 aliphatic heterocycles. The number of amides is 1. The van der Waals surface area contributed by atoms with Gasteiger partial charge in [-0.15, -0.1) is 21.6 Å². The van der Waals surface area contributed by atoms with Crippen molar-refractivity contribution in [3.8, 4) is 5.88 Å². The molecule has 0 saturated carbocycles. The summed E-state index contributed by atoms with van der Waals surface area (Å²) in [4.78, 5) is 32.4. The van der Waals surface area contributed by atoms with Gasteiger partial charge in [-0.25, -0.2) is 4.98 Å². The van der Waals surface area contributed by atoms with Gasteiger partial charge in [0.1, 0.15) is 11.4 Å². The van der Waals surface area contributed by atoms with E-state index in [1.807, 2.05) is 28.8 Å². The summed E-state index contributed by atoms with van der Waals surface area (Å²) >= 11 is 1.59. The van der Waals surface area contributed by atoms with Crippen LogP contribution in [-0.2, 0) is 30.7 Å². The molecule has 0 fully saturated rings. The van der Waals surface area contributed by atoms with Crippen LogP contribution in [0.2, 0.25) is 0 Å². The average molecular weight is 520 g/mol. The third-order valence-corrected chi connectivity index (χ3v) is 8.41. The molecule has 1 aliphatic rings. The van der Waals surface area contributed by atoms with E-state index < -0.39 is 5.91 Å². The number of hydrogen-bond donors (Lipinski definition) is 1. The topological polar surface area (TPSA) is 102 Å². The maximum Gasteiger partial charge on any atom is 0.284 e. The Hall–Kier alpha value is -3.33. The zero-order valence-electron chi connectivity index (χ0n) is 21.4. The van der Waals surface area contributed by atoms with Gasteiger partial charge in [0.25, 0.3) is 11.5 Å². The number of carbonyl (C=O) groups is 1. The van der Waals surface area contributed by atoms with Gasteiger partial charge in [-0.05, 0) is 43.2 Å². The molecule has 1 N–H and O–H groups in total. The molecule has 1 amide bonds. The number of aryl methyl sites for hydroxylation is 2. The molecule has 0 radical (unpaired) electrons. The Balaban J connectivity index is 1.36. The van der Waals surface area contributed by atoms with Crippen LogP contribution in [0, 0.1) is 5.92 Å². The number of aromatic hydroxyl groups is 1. The fourth-order valence-corrected chi connectivity index (χ4v) is 6.57. The molecule has 0 bridgehead atoms. The van der Waals surface area contributed by atoms with Crippen molar-refractivity contribution in [2.45, 2.75) is 78.3 Å². The van der Waals surface area contributed by atoms with E-state index in [0.717, 1.165) is 53.4 Å². The lowest BCUT2D eigenvalue weighted by atomic mass is 9.89. The Morgan fingerprint density at radius 1 is 1.22 bits per heavy atom. The summed E-state index contributed by atoms with van der Waals surface area (Å²) in [6.07, 6.45) is 9.92. The maximum atomic E-state index is 13.2. The largest absolute Gasteiger partial charge is 0.493 e. The number of aromatic nitrogens is 3. The van der Waals surface area contributed by atoms with Crippen LogP contribution in [0.4, 0.5) is 5.69 Å². The van der Waals surface area contributed by atoms with Crippen LogP contribution in [0.25, 0.3) is 21.1 Å². The maximum absolute atomic E-state index is 13.2. The van der Waals surface area contributed by atoms with Crippen molar-refractivity contribution in [2.75, 3.05) is 0 Å². The molecule has 5 rings (SSSR count). The van der Waals surface area contributed by atoms with Crippen LogP contribution in [0.3, 0.4) is 0 Å². The second kappa shape index (κ2) is 11.0. The summed E-state index contributed by atoms with van der Waals surface area (Å²) in [6.45, 7) is 4.84. The molecular weight excluding hydrogens is 486 g/mol. The zero-order chi connectivity index (χ0) is 25.9. The number of azo groups is 1. The van der Waals surface area contributed by atoms with Crippen molar-refractivity contribution < 1.29 is 9.90 Å². The molecule has 1 aromatic carbocycles. The van der Waals surface area contributed by atoms with E-state index in [0.29, 0.717) is 17.8 Å². The van der Waals surface area contributed by atoms with Crippen LogP contribution in [-0.4, -0.2) is 25.1 Å². The Morgan fingerprint density at radius 2 is 2.03 bits per heavy atom. The molecule has 3 aromatic heterocycles. The molecule has 9 heteroatoms. The van der Waals surface area contributed by atoms with E-state index in [2.05, 4.69) is 29.1 Å². The Bertz CT molecular complexity index is 1530. The predicted molar refractivity (Wildman–Crippen MR) is 147 cm³/mol. The van der Waals surface area contributed by atoms with Crippen molar-refractivity contribution in [1.82, 2.24) is 14.1 Å². The summed E-state index contributed by atoms with van der Waals surface area (Å²) in [5.41, 5.74) is 2.02. The molecule has 1 aliphatic carbocycles. The van der Waals surface area contributed by atoms with Gasteiger partial charge in [0.15, 0.2) is 5.69 Å². The highest BCUT2D eigenvalue weighted by Crippen LogP contribution is 2.39. The van der Waals surface area contributed by atoms with E-state index in [9.17, 15) is 14.7 Å². The van der Waals surface area contributed by atoms with Gasteiger partial charge in [0.05, 0.1) is 17.2 Å². The van der Waals surface area contributed by atoms with Crippen LogP contribution in [0.5, 0.6) is 5.88 Å². The summed E-state index contributed by atoms with van der Waals surface area (Å²) < 4.78 is 3.15. The SMILES string of the molecule is CCCCCCCn1c(O)c(N=NC(=O)Cn2cnc3sc4c(c3c2=O)CCC(C)C4)c2ccccc21. The minimum Gasteiger partial charge on any atom is -0.493 e. The van der Waals surface area contributed by atoms with Gasteiger partial charge >= 0.3 is 0 Å². The molecule has 8 nitrogen and oxygen atoms in total. The molecule has 3 heterocycles. The minimum atomic E-state index is -0.572. The molecule has 4 aromatic rings. The number of carbonyl (C=O) groups excluding carboxylic acids is 1. The highest BCUT2D eigenvalue weighted by molar-refractivity contribution is 7.18. The summed E-state index contributed by atoms with van der Waals surface area (Å²) in [5.74, 6) is 0.0394. The molecule has 194 valence electrons. The first-order valence-electron chi connectivity index (χ1n) is 13.2. The quantitative estimate of drug-likeness (QED) is 0.201. The van der Waals surface area contributed by atoms with Crippen LogP contribution >= 0.6 is 11.3 Å². The van der Waals surface area contributed by atoms with Crippen molar-refractivity contribution >= 4 is 44.1 Å². The molecule has 37 heavy (non-hydrogen) atoms. The standard InChI is InChI=1S/C28H33N5O3S/c1-3-4-5-6-9-14-33-21-11-8-7-10-19(21)25(28(33)36)31-30-23(34)16-32-17-29-26-24(27(32)35)20-13-12-18(2)15-22(20)37-26/h7-8,10-11,17-18,36H,3-6,9,12-16H2,1-2H3. The van der Waals surface area contributed by atoms with Crippen molar-refractivity contribution in [2.24, 2.45) is 16.1 Å². The average Bonchev–Trinajstić information content (AvgIpc) is 3.39. The lowest BCUT2D eigenvalue weighted by molar-refractivity contribution is -0.118. The third-order valence-electron chi connectivity index (χ3n) is 7.25. The number of benzene rings is 1. The van der Waals surface area contributed by atoms with Crippen molar-refractivity contribution in [3.63, 3.8) is 0 Å². The third kappa shape index (κ3) is 5.09. The van der Waals surface area contributed by atoms with Gasteiger partial charge < -0.3 is 9.67 Å². The summed E-state index contributed by atoms with van der Waals surface area (Å²) in [5, 5.41) is 20.3. The number of para-hydroxylation sites is 1. The Labute approximate surface area is 219 Å². The molecule has 0 spiro atoms. The Morgan fingerprint density at radius 3 is 2.86 bits per heavy atom. The first-order chi connectivity index (χ1) is 18.0. The molecule has 0 saturated heterocycles. The summed E-state index contributed by atoms with van der Waals surface area (Å²) in [7, 11) is 0. The zero-order valence-corrected chi connectivity index (χ0v) is 22.3. The smallest absolute Gasteiger partial charge is 0.284 e. The first-order valence-corrected chi connectivity index (χ1v) is 14.0. The molecular formula is C28H33N5O3S. The van der Waals surface area contributed by atoms with E-state index >= 15 is 0 Å². The van der Waals surface area contributed by atoms with Crippen molar-refractivity contribution in [3.05, 3.63) is 51.4 Å². The van der Waals surface area contributed by atoms with Gasteiger partial charge in [0, 0.05) is 16.8 Å². The highest BCUT2D eigenvalue weighted by Gasteiger charge is 2.23. The van der Waals surface area contributed by atoms with E-state index in [1.165, 1.54) is 35.0 Å². The van der Waals surface area contributed by atoms with E-state index in [-0.39, 0.29) is 23.7 Å². The predicted octanol–water partition coefficient (Wildman–Crippen LogP) is 6.52. The van der Waals surface area contributed by atoms with Gasteiger partial charge in [-0.1, -0.05) is 57.7 Å². The summed E-state index contributed by atoms with van der Waals surface area (Å²) in [6, 6.07) is 7.59. The second-order valence-corrected chi connectivity index (χ2v) is 11.1. The molecule has 1 atom stereocenters. The van der Waals surface area contributed by atoms with Crippen LogP contribution < -0.4 is 5.56 Å². The van der Waals surface area contributed by atoms with Crippen LogP contribution in [0.15, 0.2) is 45.6 Å². The van der Waals surface area contributed by atoms with E-state index in [4.69, 9.17) is 0 Å². The fourth-order valence-electron chi connectivity index (χ4n) is 5.23. The van der Waals surface area contributed by atoms with Gasteiger partial charge in [-0.3, -0.25) is 14.2 Å². The Kier molecular flexibility index (Phi) is 7.50. The van der Waals surface area contributed by atoms with Gasteiger partial charge in [-0.2, -0.15) is 0 Å². The lowest BCUT2D eigenvalue weighted by Crippen LogP contribution is -2.24. The van der Waals surface area contributed by atoms with Crippen LogP contribution in [0.1, 0.15) is 62.8 Å². The number of nitrogens with zero attached hydrogens (tertiary/aromatic N) is 5.